The molecule has 0 bridgehead atoms. The van der Waals surface area contributed by atoms with E-state index in [1.54, 1.807) is 24.3 Å². The highest BCUT2D eigenvalue weighted by atomic mass is 16.2. The zero-order chi connectivity index (χ0) is 22.2. The van der Waals surface area contributed by atoms with Gasteiger partial charge in [-0.1, -0.05) is 45.6 Å². The Kier molecular flexibility index (Phi) is 13.8. The molecule has 30 heavy (non-hydrogen) atoms. The topological polar surface area (TPSA) is 92.7 Å². The SMILES string of the molecule is CCCCCN(CCCN)C(=O)c1cccc(C(=O)N(CCCN)CCCCC)c1. The summed E-state index contributed by atoms with van der Waals surface area (Å²) in [6, 6.07) is 7.15. The van der Waals surface area contributed by atoms with Gasteiger partial charge in [-0.3, -0.25) is 9.59 Å². The van der Waals surface area contributed by atoms with Crippen molar-refractivity contribution in [3.05, 3.63) is 35.4 Å². The Bertz CT molecular complexity index is 572. The highest BCUT2D eigenvalue weighted by molar-refractivity contribution is 5.99. The van der Waals surface area contributed by atoms with Gasteiger partial charge in [-0.15, -0.1) is 0 Å². The standard InChI is InChI=1S/C24H42N4O2/c1-3-5-7-16-27(18-10-14-25)23(29)21-12-9-13-22(20-21)24(30)28(19-11-15-26)17-8-6-4-2/h9,12-13,20H,3-8,10-11,14-19,25-26H2,1-2H3. The minimum absolute atomic E-state index is 0.0197. The van der Waals surface area contributed by atoms with Gasteiger partial charge in [-0.05, 0) is 57.0 Å². The summed E-state index contributed by atoms with van der Waals surface area (Å²) in [6.07, 6.45) is 7.93. The molecule has 170 valence electrons. The van der Waals surface area contributed by atoms with E-state index < -0.39 is 0 Å². The molecule has 0 aliphatic carbocycles. The molecule has 1 aromatic rings. The first-order valence-corrected chi connectivity index (χ1v) is 11.7. The van der Waals surface area contributed by atoms with Gasteiger partial charge in [0.2, 0.25) is 0 Å². The van der Waals surface area contributed by atoms with Crippen molar-refractivity contribution in [3.8, 4) is 0 Å². The summed E-state index contributed by atoms with van der Waals surface area (Å²) >= 11 is 0. The van der Waals surface area contributed by atoms with Gasteiger partial charge in [0.15, 0.2) is 0 Å². The van der Waals surface area contributed by atoms with Gasteiger partial charge in [0, 0.05) is 37.3 Å². The maximum atomic E-state index is 13.1. The van der Waals surface area contributed by atoms with E-state index in [4.69, 9.17) is 11.5 Å². The Hall–Kier alpha value is -1.92. The third-order valence-electron chi connectivity index (χ3n) is 5.26. The third kappa shape index (κ3) is 9.26. The molecule has 0 aromatic heterocycles. The number of hydrogen-bond donors (Lipinski definition) is 2. The Labute approximate surface area is 183 Å². The summed E-state index contributed by atoms with van der Waals surface area (Å²) in [5.41, 5.74) is 12.5. The minimum atomic E-state index is -0.0197. The van der Waals surface area contributed by atoms with E-state index in [0.29, 0.717) is 37.3 Å². The predicted octanol–water partition coefficient (Wildman–Crippen LogP) is 3.65. The largest absolute Gasteiger partial charge is 0.339 e. The van der Waals surface area contributed by atoms with Crippen LogP contribution in [0.15, 0.2) is 24.3 Å². The van der Waals surface area contributed by atoms with Crippen LogP contribution in [0, 0.1) is 0 Å². The van der Waals surface area contributed by atoms with Crippen LogP contribution in [0.3, 0.4) is 0 Å². The predicted molar refractivity (Wildman–Crippen MR) is 125 cm³/mol. The van der Waals surface area contributed by atoms with Gasteiger partial charge >= 0.3 is 0 Å². The Morgan fingerprint density at radius 2 is 1.10 bits per heavy atom. The second-order valence-electron chi connectivity index (χ2n) is 7.86. The highest BCUT2D eigenvalue weighted by Gasteiger charge is 2.19. The van der Waals surface area contributed by atoms with Gasteiger partial charge < -0.3 is 21.3 Å². The molecule has 6 nitrogen and oxygen atoms in total. The molecule has 0 spiro atoms. The molecule has 1 aromatic carbocycles. The van der Waals surface area contributed by atoms with Gasteiger partial charge in [0.1, 0.15) is 0 Å². The maximum absolute atomic E-state index is 13.1. The van der Waals surface area contributed by atoms with Crippen LogP contribution < -0.4 is 11.5 Å². The Morgan fingerprint density at radius 1 is 0.700 bits per heavy atom. The normalized spacial score (nSPS) is 10.8. The first kappa shape index (κ1) is 26.1. The van der Waals surface area contributed by atoms with Gasteiger partial charge in [0.05, 0.1) is 0 Å². The van der Waals surface area contributed by atoms with Crippen molar-refractivity contribution >= 4 is 11.8 Å². The van der Waals surface area contributed by atoms with Gasteiger partial charge in [-0.2, -0.15) is 0 Å². The Balaban J connectivity index is 2.94. The van der Waals surface area contributed by atoms with Crippen molar-refractivity contribution in [2.75, 3.05) is 39.3 Å². The fraction of sp³-hybridized carbons (Fsp3) is 0.667. The molecule has 0 atom stereocenters. The monoisotopic (exact) mass is 418 g/mol. The van der Waals surface area contributed by atoms with Crippen LogP contribution in [0.2, 0.25) is 0 Å². The average Bonchev–Trinajstić information content (AvgIpc) is 2.77. The summed E-state index contributed by atoms with van der Waals surface area (Å²) in [7, 11) is 0. The number of nitrogens with zero attached hydrogens (tertiary/aromatic N) is 2. The number of rotatable bonds is 16. The number of carbonyl (C=O) groups is 2. The Morgan fingerprint density at radius 3 is 1.47 bits per heavy atom. The van der Waals surface area contributed by atoms with E-state index in [2.05, 4.69) is 13.8 Å². The van der Waals surface area contributed by atoms with Crippen LogP contribution in [0.5, 0.6) is 0 Å². The van der Waals surface area contributed by atoms with Crippen LogP contribution in [-0.2, 0) is 0 Å². The van der Waals surface area contributed by atoms with Crippen LogP contribution in [0.4, 0.5) is 0 Å². The molecule has 0 aliphatic heterocycles. The molecule has 0 aliphatic rings. The van der Waals surface area contributed by atoms with E-state index in [-0.39, 0.29) is 11.8 Å². The first-order chi connectivity index (χ1) is 14.6. The number of hydrogen-bond acceptors (Lipinski definition) is 4. The molecule has 1 rings (SSSR count). The lowest BCUT2D eigenvalue weighted by Crippen LogP contribution is -2.35. The lowest BCUT2D eigenvalue weighted by atomic mass is 10.1. The maximum Gasteiger partial charge on any atom is 0.253 e. The van der Waals surface area contributed by atoms with E-state index in [9.17, 15) is 9.59 Å². The quantitative estimate of drug-likeness (QED) is 0.401. The average molecular weight is 419 g/mol. The number of benzene rings is 1. The molecule has 2 amide bonds. The zero-order valence-electron chi connectivity index (χ0n) is 19.1. The molecule has 0 unspecified atom stereocenters. The molecule has 0 heterocycles. The van der Waals surface area contributed by atoms with E-state index >= 15 is 0 Å². The third-order valence-corrected chi connectivity index (χ3v) is 5.26. The molecule has 6 heteroatoms. The number of carbonyl (C=O) groups excluding carboxylic acids is 2. The van der Waals surface area contributed by atoms with Crippen molar-refractivity contribution in [2.45, 2.75) is 65.2 Å². The zero-order valence-corrected chi connectivity index (χ0v) is 19.1. The van der Waals surface area contributed by atoms with Crippen LogP contribution in [0.25, 0.3) is 0 Å². The fourth-order valence-electron chi connectivity index (χ4n) is 3.45. The fourth-order valence-corrected chi connectivity index (χ4v) is 3.45. The smallest absolute Gasteiger partial charge is 0.253 e. The summed E-state index contributed by atoms with van der Waals surface area (Å²) in [6.45, 7) is 8.17. The van der Waals surface area contributed by atoms with Crippen LogP contribution in [-0.4, -0.2) is 60.9 Å². The molecule has 0 saturated carbocycles. The summed E-state index contributed by atoms with van der Waals surface area (Å²) in [5.74, 6) is -0.0395. The molecular weight excluding hydrogens is 376 g/mol. The van der Waals surface area contributed by atoms with Crippen LogP contribution >= 0.6 is 0 Å². The second kappa shape index (κ2) is 15.9. The molecular formula is C24H42N4O2. The van der Waals surface area contributed by atoms with E-state index in [1.807, 2.05) is 9.80 Å². The lowest BCUT2D eigenvalue weighted by Gasteiger charge is -2.24. The van der Waals surface area contributed by atoms with Gasteiger partial charge in [-0.25, -0.2) is 0 Å². The molecule has 4 N–H and O–H groups in total. The number of amides is 2. The van der Waals surface area contributed by atoms with E-state index in [1.165, 1.54) is 0 Å². The van der Waals surface area contributed by atoms with Crippen molar-refractivity contribution in [1.82, 2.24) is 9.80 Å². The summed E-state index contributed by atoms with van der Waals surface area (Å²) < 4.78 is 0. The minimum Gasteiger partial charge on any atom is -0.339 e. The van der Waals surface area contributed by atoms with Gasteiger partial charge in [0.25, 0.3) is 11.8 Å². The van der Waals surface area contributed by atoms with Crippen molar-refractivity contribution in [3.63, 3.8) is 0 Å². The number of unbranched alkanes of at least 4 members (excludes halogenated alkanes) is 4. The summed E-state index contributed by atoms with van der Waals surface area (Å²) in [5, 5.41) is 0. The second-order valence-corrected chi connectivity index (χ2v) is 7.86. The van der Waals surface area contributed by atoms with Crippen LogP contribution in [0.1, 0.15) is 85.9 Å². The van der Waals surface area contributed by atoms with E-state index in [0.717, 1.165) is 64.5 Å². The van der Waals surface area contributed by atoms with Crippen molar-refractivity contribution < 1.29 is 9.59 Å². The molecule has 0 fully saturated rings. The number of nitrogens with two attached hydrogens (primary N) is 2. The van der Waals surface area contributed by atoms with Crippen molar-refractivity contribution in [2.24, 2.45) is 11.5 Å². The lowest BCUT2D eigenvalue weighted by molar-refractivity contribution is 0.0750. The van der Waals surface area contributed by atoms with Crippen molar-refractivity contribution in [1.29, 1.82) is 0 Å². The summed E-state index contributed by atoms with van der Waals surface area (Å²) in [4.78, 5) is 30.0. The highest BCUT2D eigenvalue weighted by Crippen LogP contribution is 2.14. The first-order valence-electron chi connectivity index (χ1n) is 11.7. The molecule has 0 saturated heterocycles. The molecule has 0 radical (unpaired) electrons.